The fourth-order valence-electron chi connectivity index (χ4n) is 19.8. The van der Waals surface area contributed by atoms with Crippen molar-refractivity contribution in [1.29, 1.82) is 0 Å². The minimum atomic E-state index is -0.145. The molecule has 6 aromatic heterocycles. The van der Waals surface area contributed by atoms with Crippen LogP contribution >= 0.6 is 0 Å². The average molecular weight is 1520 g/mol. The van der Waals surface area contributed by atoms with Crippen molar-refractivity contribution in [1.82, 2.24) is 28.2 Å². The van der Waals surface area contributed by atoms with Gasteiger partial charge in [-0.3, -0.25) is 8.80 Å². The van der Waals surface area contributed by atoms with E-state index in [0.29, 0.717) is 0 Å². The van der Waals surface area contributed by atoms with E-state index < -0.39 is 0 Å². The van der Waals surface area contributed by atoms with E-state index in [1.54, 1.807) is 0 Å². The number of hydrogen-bond donors (Lipinski definition) is 0. The number of imidazole rings is 3. The van der Waals surface area contributed by atoms with Crippen molar-refractivity contribution >= 4 is 70.8 Å². The van der Waals surface area contributed by atoms with Crippen LogP contribution in [0, 0.1) is 0 Å². The van der Waals surface area contributed by atoms with E-state index in [4.69, 9.17) is 15.0 Å². The Morgan fingerprint density at radius 3 is 1.11 bits per heavy atom. The first kappa shape index (κ1) is 69.4. The highest BCUT2D eigenvalue weighted by molar-refractivity contribution is 6.25. The summed E-state index contributed by atoms with van der Waals surface area (Å²) < 4.78 is 6.48. The lowest BCUT2D eigenvalue weighted by Gasteiger charge is -2.24. The number of aromatic nitrogens is 6. The molecule has 0 spiro atoms. The monoisotopic (exact) mass is 1520 g/mol. The molecule has 22 aromatic rings. The SMILES string of the molecule is CC1(C)c2ccccc2-c2cc3c(-c4ccc(-c5cn6ccccc6n5)cc4)c4ccccc4c(-c4ccc(-c5nc6ccccn6c5-c5ccccc5)cc4)c3cc21.CC1(C)c2ccccc2-c2cc3c(-c4ccc5ccccc5c4)c4cc(-c5ccccc5)ccc4c(-c4ccc(-c5nc6ccccn6c5-c5ccccc5)cc4)c3cc21. The fourth-order valence-corrected chi connectivity index (χ4v) is 19.8. The van der Waals surface area contributed by atoms with E-state index in [-0.39, 0.29) is 10.8 Å². The van der Waals surface area contributed by atoms with E-state index in [2.05, 4.69) is 417 Å². The van der Waals surface area contributed by atoms with Crippen molar-refractivity contribution in [3.63, 3.8) is 0 Å². The Bertz CT molecular complexity index is 7830. The number of hydrogen-bond acceptors (Lipinski definition) is 3. The molecule has 2 aliphatic carbocycles. The number of fused-ring (bicyclic) bond motifs is 14. The van der Waals surface area contributed by atoms with Gasteiger partial charge in [0.25, 0.3) is 0 Å². The van der Waals surface area contributed by atoms with Crippen LogP contribution in [0.15, 0.2) is 401 Å². The topological polar surface area (TPSA) is 51.9 Å². The number of nitrogens with zero attached hydrogens (tertiary/aromatic N) is 6. The van der Waals surface area contributed by atoms with Gasteiger partial charge in [0, 0.05) is 63.4 Å². The largest absolute Gasteiger partial charge is 0.306 e. The van der Waals surface area contributed by atoms with Gasteiger partial charge in [-0.25, -0.2) is 15.0 Å². The van der Waals surface area contributed by atoms with Crippen molar-refractivity contribution in [2.75, 3.05) is 0 Å². The summed E-state index contributed by atoms with van der Waals surface area (Å²) in [5.74, 6) is 0. The molecule has 560 valence electrons. The molecule has 24 rings (SSSR count). The van der Waals surface area contributed by atoms with E-state index in [1.165, 1.54) is 154 Å². The molecule has 0 aliphatic heterocycles. The summed E-state index contributed by atoms with van der Waals surface area (Å²) in [6, 6.07) is 137. The summed E-state index contributed by atoms with van der Waals surface area (Å²) in [7, 11) is 0. The van der Waals surface area contributed by atoms with Crippen LogP contribution in [0.2, 0.25) is 0 Å². The van der Waals surface area contributed by atoms with Crippen LogP contribution in [-0.4, -0.2) is 28.2 Å². The second-order valence-electron chi connectivity index (χ2n) is 33.0. The van der Waals surface area contributed by atoms with Crippen LogP contribution in [0.25, 0.3) is 205 Å². The third kappa shape index (κ3) is 11.2. The Morgan fingerprint density at radius 1 is 0.218 bits per heavy atom. The Balaban J connectivity index is 0.000000139. The first-order chi connectivity index (χ1) is 58.5. The highest BCUT2D eigenvalue weighted by atomic mass is 15.0. The smallest absolute Gasteiger partial charge is 0.137 e. The molecular formula is C113H78N6. The third-order valence-corrected chi connectivity index (χ3v) is 25.6. The standard InChI is InChI=1S/C58H40N2.C55H38N4/c1-58(2)51-22-12-11-21-45(51)47-35-49-50(36-52(47)58)54(39-25-27-40(28-26-39)56-57(41-18-7-4-8-19-41)60-32-14-13-23-53(60)59-56)46-31-30-43(37-15-5-3-6-16-37)34-48(46)55(49)44-29-24-38-17-9-10-20-42(38)33-44;1-55(2)46-19-9-8-16-40(46)43-32-44-45(33-47(43)55)52(37-26-28-38(29-27-37)53-54(39-14-4-3-5-15-39)59-31-13-11-21-50(59)57-53)42-18-7-6-17-41(42)51(44)36-24-22-35(23-25-36)48-34-58-30-12-10-20-49(58)56-48/h3-36H,1-2H3;3-34H,1-2H3. The molecule has 0 atom stereocenters. The normalized spacial score (nSPS) is 13.0. The van der Waals surface area contributed by atoms with Gasteiger partial charge in [0.2, 0.25) is 0 Å². The molecule has 6 heterocycles. The quantitative estimate of drug-likeness (QED) is 0.128. The number of benzene rings is 16. The second kappa shape index (κ2) is 27.3. The minimum Gasteiger partial charge on any atom is -0.306 e. The summed E-state index contributed by atoms with van der Waals surface area (Å²) in [5, 5.41) is 12.5. The Labute approximate surface area is 690 Å². The van der Waals surface area contributed by atoms with Crippen molar-refractivity contribution in [2.45, 2.75) is 38.5 Å². The molecule has 0 bridgehead atoms. The third-order valence-electron chi connectivity index (χ3n) is 25.6. The fraction of sp³-hybridized carbons (Fsp3) is 0.0531. The van der Waals surface area contributed by atoms with Crippen molar-refractivity contribution in [3.8, 4) is 134 Å². The predicted octanol–water partition coefficient (Wildman–Crippen LogP) is 29.4. The van der Waals surface area contributed by atoms with E-state index in [9.17, 15) is 0 Å². The van der Waals surface area contributed by atoms with Crippen LogP contribution in [0.3, 0.4) is 0 Å². The molecule has 6 heteroatoms. The molecule has 0 N–H and O–H groups in total. The van der Waals surface area contributed by atoms with Crippen LogP contribution in [0.1, 0.15) is 49.9 Å². The summed E-state index contributed by atoms with van der Waals surface area (Å²) in [5.41, 5.74) is 36.2. The maximum atomic E-state index is 5.20. The summed E-state index contributed by atoms with van der Waals surface area (Å²) in [6.45, 7) is 9.51. The number of pyridine rings is 3. The molecule has 16 aromatic carbocycles. The first-order valence-electron chi connectivity index (χ1n) is 41.2. The van der Waals surface area contributed by atoms with Crippen LogP contribution in [0.5, 0.6) is 0 Å². The molecule has 119 heavy (non-hydrogen) atoms. The molecular weight excluding hydrogens is 1440 g/mol. The molecule has 6 nitrogen and oxygen atoms in total. The van der Waals surface area contributed by atoms with Crippen LogP contribution in [0.4, 0.5) is 0 Å². The molecule has 0 saturated carbocycles. The highest BCUT2D eigenvalue weighted by Crippen LogP contribution is 2.57. The Morgan fingerprint density at radius 2 is 0.597 bits per heavy atom. The second-order valence-corrected chi connectivity index (χ2v) is 33.0. The average Bonchev–Trinajstić information content (AvgIpc) is 1.75. The Kier molecular flexibility index (Phi) is 15.9. The lowest BCUT2D eigenvalue weighted by Crippen LogP contribution is -2.14. The van der Waals surface area contributed by atoms with Crippen molar-refractivity contribution in [2.24, 2.45) is 0 Å². The van der Waals surface area contributed by atoms with Crippen LogP contribution < -0.4 is 0 Å². The van der Waals surface area contributed by atoms with E-state index in [0.717, 1.165) is 73.2 Å². The van der Waals surface area contributed by atoms with Gasteiger partial charge < -0.3 is 4.40 Å². The lowest BCUT2D eigenvalue weighted by atomic mass is 9.79. The molecule has 0 unspecified atom stereocenters. The van der Waals surface area contributed by atoms with Gasteiger partial charge >= 0.3 is 0 Å². The number of rotatable bonds is 10. The predicted molar refractivity (Wildman–Crippen MR) is 496 cm³/mol. The molecule has 0 saturated heterocycles. The molecule has 0 radical (unpaired) electrons. The zero-order valence-electron chi connectivity index (χ0n) is 66.3. The lowest BCUT2D eigenvalue weighted by molar-refractivity contribution is 0.661. The molecule has 0 amide bonds. The van der Waals surface area contributed by atoms with Gasteiger partial charge in [-0.1, -0.05) is 331 Å². The molecule has 0 fully saturated rings. The van der Waals surface area contributed by atoms with E-state index >= 15 is 0 Å². The van der Waals surface area contributed by atoms with Crippen LogP contribution in [-0.2, 0) is 10.8 Å². The maximum absolute atomic E-state index is 5.20. The zero-order valence-corrected chi connectivity index (χ0v) is 66.3. The Hall–Kier alpha value is -15.1. The summed E-state index contributed by atoms with van der Waals surface area (Å²) >= 11 is 0. The first-order valence-corrected chi connectivity index (χ1v) is 41.2. The van der Waals surface area contributed by atoms with Crippen molar-refractivity contribution in [3.05, 3.63) is 423 Å². The minimum absolute atomic E-state index is 0.139. The van der Waals surface area contributed by atoms with Gasteiger partial charge in [-0.15, -0.1) is 0 Å². The maximum Gasteiger partial charge on any atom is 0.137 e. The summed E-state index contributed by atoms with van der Waals surface area (Å²) in [4.78, 5) is 15.3. The van der Waals surface area contributed by atoms with Gasteiger partial charge in [0.05, 0.1) is 28.5 Å². The van der Waals surface area contributed by atoms with Gasteiger partial charge in [0.1, 0.15) is 16.9 Å². The van der Waals surface area contributed by atoms with Gasteiger partial charge in [-0.2, -0.15) is 0 Å². The van der Waals surface area contributed by atoms with Gasteiger partial charge in [0.15, 0.2) is 0 Å². The summed E-state index contributed by atoms with van der Waals surface area (Å²) in [6.07, 6.45) is 8.37. The molecule has 2 aliphatic rings. The zero-order chi connectivity index (χ0) is 79.2. The van der Waals surface area contributed by atoms with E-state index in [1.807, 2.05) is 24.4 Å². The van der Waals surface area contributed by atoms with Gasteiger partial charge in [-0.05, 0) is 227 Å². The van der Waals surface area contributed by atoms with Crippen molar-refractivity contribution < 1.29 is 0 Å². The highest BCUT2D eigenvalue weighted by Gasteiger charge is 2.38.